The summed E-state index contributed by atoms with van der Waals surface area (Å²) in [6.45, 7) is 6.25. The van der Waals surface area contributed by atoms with Crippen molar-refractivity contribution in [2.24, 2.45) is 5.41 Å². The van der Waals surface area contributed by atoms with Crippen molar-refractivity contribution in [1.29, 1.82) is 0 Å². The van der Waals surface area contributed by atoms with E-state index >= 15 is 0 Å². The number of hydrogen-bond donors (Lipinski definition) is 2. The van der Waals surface area contributed by atoms with E-state index in [2.05, 4.69) is 29.4 Å². The molecule has 0 unspecified atom stereocenters. The zero-order chi connectivity index (χ0) is 19.6. The topological polar surface area (TPSA) is 79.9 Å². The molecule has 2 saturated heterocycles. The Morgan fingerprint density at radius 3 is 2.78 bits per heavy atom. The Morgan fingerprint density at radius 2 is 2.15 bits per heavy atom. The van der Waals surface area contributed by atoms with Gasteiger partial charge in [0.1, 0.15) is 17.5 Å². The van der Waals surface area contributed by atoms with E-state index in [0.717, 1.165) is 25.1 Å². The van der Waals surface area contributed by atoms with Gasteiger partial charge in [-0.1, -0.05) is 0 Å². The van der Waals surface area contributed by atoms with E-state index in [1.165, 1.54) is 0 Å². The van der Waals surface area contributed by atoms with Crippen LogP contribution in [0.3, 0.4) is 0 Å². The van der Waals surface area contributed by atoms with Gasteiger partial charge in [0, 0.05) is 30.8 Å². The number of carbonyl (C=O) groups excluding carboxylic acids is 2. The normalized spacial score (nSPS) is 25.1. The highest BCUT2D eigenvalue weighted by Crippen LogP contribution is 2.40. The van der Waals surface area contributed by atoms with Gasteiger partial charge >= 0.3 is 0 Å². The first-order valence-corrected chi connectivity index (χ1v) is 9.42. The summed E-state index contributed by atoms with van der Waals surface area (Å²) in [5, 5.41) is 5.83. The molecule has 0 saturated carbocycles. The molecule has 0 bridgehead atoms. The van der Waals surface area contributed by atoms with Crippen LogP contribution in [0.25, 0.3) is 0 Å². The second-order valence-corrected chi connectivity index (χ2v) is 7.72. The molecule has 2 aliphatic rings. The lowest BCUT2D eigenvalue weighted by atomic mass is 9.84. The van der Waals surface area contributed by atoms with Crippen LogP contribution in [0.2, 0.25) is 0 Å². The maximum Gasteiger partial charge on any atom is 0.242 e. The molecule has 1 spiro atoms. The molecule has 1 aromatic carbocycles. The van der Waals surface area contributed by atoms with Crippen molar-refractivity contribution in [3.8, 4) is 11.5 Å². The first-order chi connectivity index (χ1) is 12.9. The molecule has 2 aliphatic heterocycles. The fourth-order valence-electron chi connectivity index (χ4n) is 4.00. The molecule has 148 valence electrons. The Hall–Kier alpha value is -2.28. The van der Waals surface area contributed by atoms with Crippen LogP contribution in [-0.2, 0) is 16.1 Å². The van der Waals surface area contributed by atoms with Gasteiger partial charge in [0.05, 0.1) is 19.6 Å². The van der Waals surface area contributed by atoms with Gasteiger partial charge in [-0.2, -0.15) is 0 Å². The number of nitrogens with one attached hydrogen (secondary N) is 2. The second-order valence-electron chi connectivity index (χ2n) is 7.72. The van der Waals surface area contributed by atoms with Gasteiger partial charge in [0.15, 0.2) is 0 Å². The predicted octanol–water partition coefficient (Wildman–Crippen LogP) is 1.31. The number of amides is 2. The van der Waals surface area contributed by atoms with Crippen molar-refractivity contribution in [3.63, 3.8) is 0 Å². The zero-order valence-electron chi connectivity index (χ0n) is 16.5. The standard InChI is InChI=1S/C20H29N3O4/c1-13(2)23-8-7-20(12-23)10-16(22-19(20)25)18(24)21-11-14-5-6-15(26-3)9-17(14)27-4/h5-6,9,13,16H,7-8,10-12H2,1-4H3,(H,21,24)(H,22,25)/t16-,20+/m0/s1. The van der Waals surface area contributed by atoms with Crippen LogP contribution in [0.1, 0.15) is 32.3 Å². The number of likely N-dealkylation sites (tertiary alicyclic amines) is 1. The summed E-state index contributed by atoms with van der Waals surface area (Å²) in [6.07, 6.45) is 1.37. The molecule has 2 fully saturated rings. The van der Waals surface area contributed by atoms with Crippen LogP contribution in [0.15, 0.2) is 18.2 Å². The molecular weight excluding hydrogens is 346 g/mol. The first-order valence-electron chi connectivity index (χ1n) is 9.42. The minimum absolute atomic E-state index is 0.00725. The van der Waals surface area contributed by atoms with Crippen molar-refractivity contribution in [2.75, 3.05) is 27.3 Å². The molecule has 2 atom stereocenters. The molecule has 2 N–H and O–H groups in total. The van der Waals surface area contributed by atoms with Crippen molar-refractivity contribution in [2.45, 2.75) is 45.3 Å². The maximum absolute atomic E-state index is 12.6. The smallest absolute Gasteiger partial charge is 0.242 e. The van der Waals surface area contributed by atoms with Gasteiger partial charge in [0.25, 0.3) is 0 Å². The number of hydrogen-bond acceptors (Lipinski definition) is 5. The number of ether oxygens (including phenoxy) is 2. The summed E-state index contributed by atoms with van der Waals surface area (Å²) in [4.78, 5) is 27.5. The number of benzene rings is 1. The van der Waals surface area contributed by atoms with E-state index in [1.54, 1.807) is 20.3 Å². The van der Waals surface area contributed by atoms with Crippen LogP contribution < -0.4 is 20.1 Å². The third-order valence-corrected chi connectivity index (χ3v) is 5.76. The quantitative estimate of drug-likeness (QED) is 0.784. The SMILES string of the molecule is COc1ccc(CNC(=O)[C@@H]2C[C@@]3(CCN(C(C)C)C3)C(=O)N2)c(OC)c1. The Balaban J connectivity index is 1.61. The molecule has 1 aromatic rings. The highest BCUT2D eigenvalue weighted by Gasteiger charge is 2.52. The molecule has 3 rings (SSSR count). The molecule has 7 nitrogen and oxygen atoms in total. The minimum atomic E-state index is -0.478. The van der Waals surface area contributed by atoms with Crippen molar-refractivity contribution < 1.29 is 19.1 Å². The van der Waals surface area contributed by atoms with Crippen molar-refractivity contribution in [3.05, 3.63) is 23.8 Å². The molecule has 7 heteroatoms. The number of methoxy groups -OCH3 is 2. The summed E-state index contributed by atoms with van der Waals surface area (Å²) in [5.74, 6) is 1.21. The summed E-state index contributed by atoms with van der Waals surface area (Å²) >= 11 is 0. The van der Waals surface area contributed by atoms with Crippen LogP contribution in [0.4, 0.5) is 0 Å². The average molecular weight is 375 g/mol. The number of nitrogens with zero attached hydrogens (tertiary/aromatic N) is 1. The van der Waals surface area contributed by atoms with Crippen LogP contribution in [0, 0.1) is 5.41 Å². The third kappa shape index (κ3) is 3.88. The van der Waals surface area contributed by atoms with Gasteiger partial charge < -0.3 is 20.1 Å². The average Bonchev–Trinajstić information content (AvgIpc) is 3.24. The van der Waals surface area contributed by atoms with Crippen LogP contribution >= 0.6 is 0 Å². The summed E-state index contributed by atoms with van der Waals surface area (Å²) in [7, 11) is 3.18. The molecule has 0 aromatic heterocycles. The summed E-state index contributed by atoms with van der Waals surface area (Å²) < 4.78 is 10.6. The minimum Gasteiger partial charge on any atom is -0.497 e. The lowest BCUT2D eigenvalue weighted by Gasteiger charge is -2.23. The van der Waals surface area contributed by atoms with E-state index in [4.69, 9.17) is 9.47 Å². The molecule has 0 radical (unpaired) electrons. The molecule has 2 amide bonds. The predicted molar refractivity (Wildman–Crippen MR) is 102 cm³/mol. The van der Waals surface area contributed by atoms with E-state index in [1.807, 2.05) is 12.1 Å². The Morgan fingerprint density at radius 1 is 1.37 bits per heavy atom. The zero-order valence-corrected chi connectivity index (χ0v) is 16.5. The Bertz CT molecular complexity index is 721. The van der Waals surface area contributed by atoms with Gasteiger partial charge in [-0.15, -0.1) is 0 Å². The van der Waals surface area contributed by atoms with E-state index in [0.29, 0.717) is 30.5 Å². The Labute approximate surface area is 160 Å². The van der Waals surface area contributed by atoms with Gasteiger partial charge in [-0.3, -0.25) is 14.5 Å². The second kappa shape index (κ2) is 7.76. The lowest BCUT2D eigenvalue weighted by Crippen LogP contribution is -2.41. The largest absolute Gasteiger partial charge is 0.497 e. The molecule has 2 heterocycles. The summed E-state index contributed by atoms with van der Waals surface area (Å²) in [6, 6.07) is 5.41. The fraction of sp³-hybridized carbons (Fsp3) is 0.600. The summed E-state index contributed by atoms with van der Waals surface area (Å²) in [5.41, 5.74) is 0.432. The first kappa shape index (κ1) is 19.5. The maximum atomic E-state index is 12.6. The van der Waals surface area contributed by atoms with Crippen molar-refractivity contribution >= 4 is 11.8 Å². The monoisotopic (exact) mass is 375 g/mol. The fourth-order valence-corrected chi connectivity index (χ4v) is 4.00. The van der Waals surface area contributed by atoms with E-state index < -0.39 is 11.5 Å². The Kier molecular flexibility index (Phi) is 5.60. The number of rotatable bonds is 6. The van der Waals surface area contributed by atoms with Gasteiger partial charge in [-0.25, -0.2) is 0 Å². The van der Waals surface area contributed by atoms with Crippen molar-refractivity contribution in [1.82, 2.24) is 15.5 Å². The molecular formula is C20H29N3O4. The molecule has 27 heavy (non-hydrogen) atoms. The van der Waals surface area contributed by atoms with E-state index in [9.17, 15) is 9.59 Å². The lowest BCUT2D eigenvalue weighted by molar-refractivity contribution is -0.128. The van der Waals surface area contributed by atoms with Crippen LogP contribution in [-0.4, -0.2) is 56.1 Å². The highest BCUT2D eigenvalue weighted by atomic mass is 16.5. The van der Waals surface area contributed by atoms with Crippen LogP contribution in [0.5, 0.6) is 11.5 Å². The number of carbonyl (C=O) groups is 2. The van der Waals surface area contributed by atoms with Gasteiger partial charge in [0.2, 0.25) is 11.8 Å². The molecule has 0 aliphatic carbocycles. The van der Waals surface area contributed by atoms with E-state index in [-0.39, 0.29) is 11.8 Å². The third-order valence-electron chi connectivity index (χ3n) is 5.76. The van der Waals surface area contributed by atoms with Gasteiger partial charge in [-0.05, 0) is 45.4 Å². The highest BCUT2D eigenvalue weighted by molar-refractivity contribution is 5.94.